The van der Waals surface area contributed by atoms with Crippen LogP contribution in [0.15, 0.2) is 36.4 Å². The standard InChI is InChI=1S/C11H16O.C7H11N3.CH2O2/c1-3-4-10-6-5-9(2)11(7-10)8-12;1-5-3-2-4-6(10-9)7(5)8;2-1-3/h5-7,12H,3-4,8H2,1-2H3;2-4,10H,8-9H2,1H3;1H,(H,2,3). The van der Waals surface area contributed by atoms with Crippen molar-refractivity contribution in [2.24, 2.45) is 5.84 Å². The number of aliphatic hydroxyl groups is 1. The number of nitrogens with two attached hydrogens (primary N) is 2. The molecule has 6 nitrogen and oxygen atoms in total. The van der Waals surface area contributed by atoms with Crippen LogP contribution in [0.25, 0.3) is 0 Å². The Bertz CT molecular complexity index is 646. The van der Waals surface area contributed by atoms with Gasteiger partial charge in [0.2, 0.25) is 0 Å². The highest BCUT2D eigenvalue weighted by molar-refractivity contribution is 5.68. The second-order valence-corrected chi connectivity index (χ2v) is 5.45. The minimum atomic E-state index is -0.250. The first-order valence-corrected chi connectivity index (χ1v) is 8.03. The Hall–Kier alpha value is -2.57. The molecule has 0 spiro atoms. The van der Waals surface area contributed by atoms with Crippen molar-refractivity contribution in [3.8, 4) is 0 Å². The molecule has 2 rings (SSSR count). The summed E-state index contributed by atoms with van der Waals surface area (Å²) in [5.74, 6) is 5.19. The molecule has 0 amide bonds. The fraction of sp³-hybridized carbons (Fsp3) is 0.316. The number of carbonyl (C=O) groups is 1. The minimum Gasteiger partial charge on any atom is -0.483 e. The van der Waals surface area contributed by atoms with Crippen LogP contribution >= 0.6 is 0 Å². The number of nitrogen functional groups attached to an aromatic ring is 2. The Kier molecular flexibility index (Phi) is 11.5. The molecular formula is C19H29N3O3. The first-order chi connectivity index (χ1) is 11.9. The molecule has 138 valence electrons. The summed E-state index contributed by atoms with van der Waals surface area (Å²) in [6, 6.07) is 12.0. The Morgan fingerprint density at radius 1 is 1.16 bits per heavy atom. The zero-order valence-electron chi connectivity index (χ0n) is 15.1. The molecule has 0 aromatic heterocycles. The van der Waals surface area contributed by atoms with Crippen LogP contribution in [0.5, 0.6) is 0 Å². The fourth-order valence-corrected chi connectivity index (χ4v) is 2.15. The van der Waals surface area contributed by atoms with Gasteiger partial charge in [-0.25, -0.2) is 0 Å². The van der Waals surface area contributed by atoms with Gasteiger partial charge in [-0.2, -0.15) is 0 Å². The van der Waals surface area contributed by atoms with E-state index in [2.05, 4.69) is 30.5 Å². The number of anilines is 2. The quantitative estimate of drug-likeness (QED) is 0.251. The van der Waals surface area contributed by atoms with Crippen LogP contribution in [0.2, 0.25) is 0 Å². The van der Waals surface area contributed by atoms with Crippen molar-refractivity contribution in [1.82, 2.24) is 0 Å². The van der Waals surface area contributed by atoms with E-state index in [-0.39, 0.29) is 13.1 Å². The Morgan fingerprint density at radius 2 is 1.80 bits per heavy atom. The van der Waals surface area contributed by atoms with Gasteiger partial charge in [-0.1, -0.05) is 43.7 Å². The zero-order valence-corrected chi connectivity index (χ0v) is 15.1. The average molecular weight is 347 g/mol. The molecule has 0 bridgehead atoms. The van der Waals surface area contributed by atoms with Gasteiger partial charge in [0.1, 0.15) is 0 Å². The molecule has 6 heteroatoms. The molecular weight excluding hydrogens is 318 g/mol. The van der Waals surface area contributed by atoms with Gasteiger partial charge in [-0.3, -0.25) is 10.6 Å². The molecule has 7 N–H and O–H groups in total. The minimum absolute atomic E-state index is 0.156. The molecule has 25 heavy (non-hydrogen) atoms. The molecule has 0 fully saturated rings. The van der Waals surface area contributed by atoms with Crippen molar-refractivity contribution < 1.29 is 15.0 Å². The first-order valence-electron chi connectivity index (χ1n) is 8.03. The lowest BCUT2D eigenvalue weighted by Crippen LogP contribution is -2.09. The van der Waals surface area contributed by atoms with Gasteiger partial charge in [-0.05, 0) is 48.6 Å². The highest BCUT2D eigenvalue weighted by Crippen LogP contribution is 2.19. The van der Waals surface area contributed by atoms with Crippen molar-refractivity contribution in [3.63, 3.8) is 0 Å². The molecule has 0 saturated carbocycles. The van der Waals surface area contributed by atoms with Crippen LogP contribution < -0.4 is 17.0 Å². The second-order valence-electron chi connectivity index (χ2n) is 5.45. The van der Waals surface area contributed by atoms with E-state index >= 15 is 0 Å². The van der Waals surface area contributed by atoms with E-state index in [4.69, 9.17) is 26.6 Å². The summed E-state index contributed by atoms with van der Waals surface area (Å²) in [7, 11) is 0. The number of hydrogen-bond acceptors (Lipinski definition) is 5. The molecule has 0 atom stereocenters. The first kappa shape index (κ1) is 22.4. The largest absolute Gasteiger partial charge is 0.483 e. The number of benzene rings is 2. The predicted octanol–water partition coefficient (Wildman–Crippen LogP) is 3.00. The fourth-order valence-electron chi connectivity index (χ4n) is 2.15. The van der Waals surface area contributed by atoms with Crippen LogP contribution in [0.3, 0.4) is 0 Å². The summed E-state index contributed by atoms with van der Waals surface area (Å²) in [4.78, 5) is 8.36. The SMILES string of the molecule is CCCc1ccc(C)c(CO)c1.Cc1cccc(NN)c1N.O=CO. The lowest BCUT2D eigenvalue weighted by Gasteiger charge is -2.05. The number of para-hydroxylation sites is 1. The number of aryl methyl sites for hydroxylation is 3. The normalized spacial score (nSPS) is 9.16. The molecule has 0 aliphatic heterocycles. The lowest BCUT2D eigenvalue weighted by atomic mass is 10.0. The summed E-state index contributed by atoms with van der Waals surface area (Å²) >= 11 is 0. The number of hydrogen-bond donors (Lipinski definition) is 5. The molecule has 0 radical (unpaired) electrons. The van der Waals surface area contributed by atoms with Crippen LogP contribution in [0.4, 0.5) is 11.4 Å². The van der Waals surface area contributed by atoms with Crippen LogP contribution in [-0.4, -0.2) is 16.7 Å². The Balaban J connectivity index is 0.000000403. The van der Waals surface area contributed by atoms with E-state index in [0.717, 1.165) is 29.7 Å². The maximum atomic E-state index is 9.01. The van der Waals surface area contributed by atoms with Crippen molar-refractivity contribution in [1.29, 1.82) is 0 Å². The Morgan fingerprint density at radius 3 is 2.28 bits per heavy atom. The maximum absolute atomic E-state index is 9.01. The predicted molar refractivity (Wildman–Crippen MR) is 103 cm³/mol. The van der Waals surface area contributed by atoms with Gasteiger partial charge in [0.05, 0.1) is 18.0 Å². The third-order valence-electron chi connectivity index (χ3n) is 3.60. The summed E-state index contributed by atoms with van der Waals surface area (Å²) in [5.41, 5.74) is 14.3. The zero-order chi connectivity index (χ0) is 19.2. The molecule has 2 aromatic carbocycles. The van der Waals surface area contributed by atoms with Crippen molar-refractivity contribution in [2.75, 3.05) is 11.2 Å². The van der Waals surface area contributed by atoms with Gasteiger partial charge < -0.3 is 21.4 Å². The number of carboxylic acid groups (broad SMARTS) is 1. The van der Waals surface area contributed by atoms with E-state index in [1.165, 1.54) is 11.1 Å². The summed E-state index contributed by atoms with van der Waals surface area (Å²) in [6.45, 7) is 6.04. The molecule has 0 unspecified atom stereocenters. The van der Waals surface area contributed by atoms with Gasteiger partial charge in [0, 0.05) is 0 Å². The van der Waals surface area contributed by atoms with Crippen LogP contribution in [0.1, 0.15) is 35.6 Å². The van der Waals surface area contributed by atoms with Crippen molar-refractivity contribution in [2.45, 2.75) is 40.2 Å². The molecule has 0 aliphatic carbocycles. The third-order valence-corrected chi connectivity index (χ3v) is 3.60. The molecule has 0 heterocycles. The topological polar surface area (TPSA) is 122 Å². The van der Waals surface area contributed by atoms with E-state index in [1.807, 2.05) is 32.0 Å². The van der Waals surface area contributed by atoms with E-state index in [0.29, 0.717) is 5.69 Å². The molecule has 0 aliphatic rings. The summed E-state index contributed by atoms with van der Waals surface area (Å²) in [6.07, 6.45) is 2.27. The van der Waals surface area contributed by atoms with Crippen LogP contribution in [0, 0.1) is 13.8 Å². The van der Waals surface area contributed by atoms with E-state index in [1.54, 1.807) is 0 Å². The van der Waals surface area contributed by atoms with Gasteiger partial charge in [0.25, 0.3) is 6.47 Å². The third kappa shape index (κ3) is 8.19. The highest BCUT2D eigenvalue weighted by Gasteiger charge is 1.98. The van der Waals surface area contributed by atoms with Crippen molar-refractivity contribution in [3.05, 3.63) is 58.7 Å². The molecule has 2 aromatic rings. The monoisotopic (exact) mass is 347 g/mol. The van der Waals surface area contributed by atoms with Crippen molar-refractivity contribution >= 4 is 17.8 Å². The van der Waals surface area contributed by atoms with E-state index in [9.17, 15) is 0 Å². The van der Waals surface area contributed by atoms with Crippen LogP contribution in [-0.2, 0) is 17.8 Å². The number of nitrogens with one attached hydrogen (secondary N) is 1. The van der Waals surface area contributed by atoms with Gasteiger partial charge in [0.15, 0.2) is 0 Å². The second kappa shape index (κ2) is 12.8. The van der Waals surface area contributed by atoms with Gasteiger partial charge in [-0.15, -0.1) is 0 Å². The summed E-state index contributed by atoms with van der Waals surface area (Å²) < 4.78 is 0. The number of aliphatic hydroxyl groups excluding tert-OH is 1. The van der Waals surface area contributed by atoms with E-state index < -0.39 is 0 Å². The average Bonchev–Trinajstić information content (AvgIpc) is 2.60. The smallest absolute Gasteiger partial charge is 0.290 e. The Labute approximate surface area is 149 Å². The van der Waals surface area contributed by atoms with Gasteiger partial charge >= 0.3 is 0 Å². The number of rotatable bonds is 4. The lowest BCUT2D eigenvalue weighted by molar-refractivity contribution is -0.122. The summed E-state index contributed by atoms with van der Waals surface area (Å²) in [5, 5.41) is 15.9. The maximum Gasteiger partial charge on any atom is 0.290 e. The molecule has 0 saturated heterocycles. The highest BCUT2D eigenvalue weighted by atomic mass is 16.3. The number of hydrazine groups is 1.